The number of rotatable bonds is 4. The van der Waals surface area contributed by atoms with Crippen molar-refractivity contribution in [2.24, 2.45) is 17.8 Å². The summed E-state index contributed by atoms with van der Waals surface area (Å²) in [7, 11) is 0. The van der Waals surface area contributed by atoms with E-state index in [-0.39, 0.29) is 5.82 Å². The zero-order valence-electron chi connectivity index (χ0n) is 11.0. The van der Waals surface area contributed by atoms with E-state index in [1.54, 1.807) is 12.1 Å². The molecule has 1 aromatic carbocycles. The van der Waals surface area contributed by atoms with Crippen LogP contribution < -0.4 is 0 Å². The smallest absolute Gasteiger partial charge is 0.123 e. The molecule has 0 heterocycles. The van der Waals surface area contributed by atoms with Crippen LogP contribution in [-0.2, 0) is 6.42 Å². The quantitative estimate of drug-likeness (QED) is 0.698. The van der Waals surface area contributed by atoms with Gasteiger partial charge in [-0.05, 0) is 54.4 Å². The van der Waals surface area contributed by atoms with E-state index >= 15 is 0 Å². The predicted molar refractivity (Wildman–Crippen MR) is 68.0 cm³/mol. The van der Waals surface area contributed by atoms with Gasteiger partial charge < -0.3 is 0 Å². The van der Waals surface area contributed by atoms with Gasteiger partial charge in [0, 0.05) is 0 Å². The Balaban J connectivity index is 2.85. The van der Waals surface area contributed by atoms with Crippen LogP contribution in [0.1, 0.15) is 38.8 Å². The van der Waals surface area contributed by atoms with Crippen molar-refractivity contribution in [1.82, 2.24) is 0 Å². The first-order chi connectivity index (χ1) is 7.41. The third kappa shape index (κ3) is 3.33. The molecule has 1 rings (SSSR count). The second kappa shape index (κ2) is 5.47. The van der Waals surface area contributed by atoms with Crippen molar-refractivity contribution in [2.75, 3.05) is 0 Å². The molecule has 0 bridgehead atoms. The fourth-order valence-electron chi connectivity index (χ4n) is 2.38. The van der Waals surface area contributed by atoms with Crippen molar-refractivity contribution in [2.45, 2.75) is 41.0 Å². The van der Waals surface area contributed by atoms with E-state index in [1.165, 1.54) is 5.56 Å². The Morgan fingerprint density at radius 2 is 1.62 bits per heavy atom. The molecule has 0 spiro atoms. The number of benzene rings is 1. The molecule has 0 radical (unpaired) electrons. The van der Waals surface area contributed by atoms with Crippen molar-refractivity contribution in [3.05, 3.63) is 35.1 Å². The summed E-state index contributed by atoms with van der Waals surface area (Å²) in [5.74, 6) is 1.88. The van der Waals surface area contributed by atoms with Crippen molar-refractivity contribution >= 4 is 0 Å². The summed E-state index contributed by atoms with van der Waals surface area (Å²) in [6, 6.07) is 5.13. The molecule has 0 nitrogen and oxygen atoms in total. The largest absolute Gasteiger partial charge is 0.207 e. The molecule has 16 heavy (non-hydrogen) atoms. The summed E-state index contributed by atoms with van der Waals surface area (Å²) in [4.78, 5) is 0. The lowest BCUT2D eigenvalue weighted by Gasteiger charge is -2.25. The van der Waals surface area contributed by atoms with Crippen molar-refractivity contribution < 1.29 is 4.39 Å². The monoisotopic (exact) mass is 222 g/mol. The van der Waals surface area contributed by atoms with E-state index in [4.69, 9.17) is 0 Å². The van der Waals surface area contributed by atoms with E-state index < -0.39 is 0 Å². The van der Waals surface area contributed by atoms with Gasteiger partial charge in [-0.15, -0.1) is 0 Å². The van der Waals surface area contributed by atoms with Gasteiger partial charge in [0.1, 0.15) is 5.82 Å². The first kappa shape index (κ1) is 13.2. The van der Waals surface area contributed by atoms with Crippen LogP contribution in [0.25, 0.3) is 0 Å². The van der Waals surface area contributed by atoms with Crippen LogP contribution in [0.5, 0.6) is 0 Å². The van der Waals surface area contributed by atoms with Crippen LogP contribution in [0, 0.1) is 30.5 Å². The third-order valence-corrected chi connectivity index (χ3v) is 3.47. The minimum atomic E-state index is -0.133. The van der Waals surface area contributed by atoms with Crippen molar-refractivity contribution in [3.8, 4) is 0 Å². The van der Waals surface area contributed by atoms with Crippen LogP contribution in [0.3, 0.4) is 0 Å². The van der Waals surface area contributed by atoms with Gasteiger partial charge in [0.25, 0.3) is 0 Å². The van der Waals surface area contributed by atoms with Gasteiger partial charge in [0.2, 0.25) is 0 Å². The normalized spacial score (nSPS) is 11.8. The standard InChI is InChI=1S/C15H23F/c1-10(2)15(11(3)4)9-13-6-7-14(16)8-12(13)5/h6-8,10-11,15H,9H2,1-5H3. The highest BCUT2D eigenvalue weighted by Crippen LogP contribution is 2.26. The molecule has 1 heteroatoms. The second-order valence-electron chi connectivity index (χ2n) is 5.43. The molecule has 0 aromatic heterocycles. The average Bonchev–Trinajstić information content (AvgIpc) is 2.15. The average molecular weight is 222 g/mol. The molecule has 0 amide bonds. The Bertz CT molecular complexity index is 331. The minimum Gasteiger partial charge on any atom is -0.207 e. The Labute approximate surface area is 98.9 Å². The first-order valence-corrected chi connectivity index (χ1v) is 6.16. The van der Waals surface area contributed by atoms with E-state index in [0.717, 1.165) is 12.0 Å². The zero-order valence-corrected chi connectivity index (χ0v) is 11.0. The van der Waals surface area contributed by atoms with Crippen LogP contribution in [0.4, 0.5) is 4.39 Å². The molecule has 0 aliphatic carbocycles. The molecule has 0 aliphatic heterocycles. The number of hydrogen-bond acceptors (Lipinski definition) is 0. The maximum atomic E-state index is 13.0. The van der Waals surface area contributed by atoms with Gasteiger partial charge in [-0.25, -0.2) is 4.39 Å². The third-order valence-electron chi connectivity index (χ3n) is 3.47. The Morgan fingerprint density at radius 3 is 2.06 bits per heavy atom. The summed E-state index contributed by atoms with van der Waals surface area (Å²) < 4.78 is 13.0. The van der Waals surface area contributed by atoms with Gasteiger partial charge in [-0.1, -0.05) is 33.8 Å². The predicted octanol–water partition coefficient (Wildman–Crippen LogP) is 4.60. The Hall–Kier alpha value is -0.850. The topological polar surface area (TPSA) is 0 Å². The summed E-state index contributed by atoms with van der Waals surface area (Å²) in [6.45, 7) is 11.1. The fourth-order valence-corrected chi connectivity index (χ4v) is 2.38. The molecule has 0 fully saturated rings. The molecule has 0 aliphatic rings. The first-order valence-electron chi connectivity index (χ1n) is 6.16. The SMILES string of the molecule is Cc1cc(F)ccc1CC(C(C)C)C(C)C. The lowest BCUT2D eigenvalue weighted by Crippen LogP contribution is -2.18. The Morgan fingerprint density at radius 1 is 1.06 bits per heavy atom. The van der Waals surface area contributed by atoms with E-state index in [2.05, 4.69) is 27.7 Å². The minimum absolute atomic E-state index is 0.133. The maximum Gasteiger partial charge on any atom is 0.123 e. The van der Waals surface area contributed by atoms with Crippen LogP contribution in [0.15, 0.2) is 18.2 Å². The number of aryl methyl sites for hydroxylation is 1. The van der Waals surface area contributed by atoms with Gasteiger partial charge in [0.05, 0.1) is 0 Å². The molecule has 0 saturated heterocycles. The molecule has 1 aromatic rings. The lowest BCUT2D eigenvalue weighted by atomic mass is 9.80. The number of halogens is 1. The highest BCUT2D eigenvalue weighted by molar-refractivity contribution is 5.27. The highest BCUT2D eigenvalue weighted by Gasteiger charge is 2.18. The van der Waals surface area contributed by atoms with Crippen molar-refractivity contribution in [3.63, 3.8) is 0 Å². The fraction of sp³-hybridized carbons (Fsp3) is 0.600. The van der Waals surface area contributed by atoms with Gasteiger partial charge >= 0.3 is 0 Å². The van der Waals surface area contributed by atoms with Gasteiger partial charge in [-0.2, -0.15) is 0 Å². The van der Waals surface area contributed by atoms with E-state index in [0.29, 0.717) is 17.8 Å². The van der Waals surface area contributed by atoms with Gasteiger partial charge in [-0.3, -0.25) is 0 Å². The van der Waals surface area contributed by atoms with Crippen LogP contribution in [-0.4, -0.2) is 0 Å². The summed E-state index contributed by atoms with van der Waals surface area (Å²) in [6.07, 6.45) is 1.06. The summed E-state index contributed by atoms with van der Waals surface area (Å²) >= 11 is 0. The molecule has 0 saturated carbocycles. The highest BCUT2D eigenvalue weighted by atomic mass is 19.1. The maximum absolute atomic E-state index is 13.0. The molecule has 0 unspecified atom stereocenters. The molecular formula is C15H23F. The molecule has 0 N–H and O–H groups in total. The summed E-state index contributed by atoms with van der Waals surface area (Å²) in [5.41, 5.74) is 2.36. The summed E-state index contributed by atoms with van der Waals surface area (Å²) in [5, 5.41) is 0. The molecule has 0 atom stereocenters. The molecular weight excluding hydrogens is 199 g/mol. The lowest BCUT2D eigenvalue weighted by molar-refractivity contribution is 0.286. The van der Waals surface area contributed by atoms with Crippen LogP contribution in [0.2, 0.25) is 0 Å². The molecule has 90 valence electrons. The number of hydrogen-bond donors (Lipinski definition) is 0. The zero-order chi connectivity index (χ0) is 12.3. The van der Waals surface area contributed by atoms with Crippen LogP contribution >= 0.6 is 0 Å². The van der Waals surface area contributed by atoms with Crippen molar-refractivity contribution in [1.29, 1.82) is 0 Å². The van der Waals surface area contributed by atoms with E-state index in [9.17, 15) is 4.39 Å². The second-order valence-corrected chi connectivity index (χ2v) is 5.43. The van der Waals surface area contributed by atoms with Gasteiger partial charge in [0.15, 0.2) is 0 Å². The Kier molecular flexibility index (Phi) is 4.52. The van der Waals surface area contributed by atoms with E-state index in [1.807, 2.05) is 13.0 Å².